The number of nitrogens with one attached hydrogen (secondary N) is 3. The topological polar surface area (TPSA) is 142 Å². The summed E-state index contributed by atoms with van der Waals surface area (Å²) in [6, 6.07) is 19.5. The van der Waals surface area contributed by atoms with Gasteiger partial charge < -0.3 is 15.6 Å². The summed E-state index contributed by atoms with van der Waals surface area (Å²) in [5.74, 6) is -1.22. The van der Waals surface area contributed by atoms with Gasteiger partial charge in [0, 0.05) is 36.9 Å². The van der Waals surface area contributed by atoms with Crippen molar-refractivity contribution < 1.29 is 14.5 Å². The molecular formula is C28H24N6O4. The number of rotatable bonds is 8. The van der Waals surface area contributed by atoms with Crippen molar-refractivity contribution in [1.29, 1.82) is 0 Å². The van der Waals surface area contributed by atoms with Crippen LogP contribution < -0.4 is 10.6 Å². The van der Waals surface area contributed by atoms with Crippen LogP contribution in [0, 0.1) is 10.1 Å². The van der Waals surface area contributed by atoms with Crippen molar-refractivity contribution in [2.45, 2.75) is 19.3 Å². The number of hydrogen-bond acceptors (Lipinski definition) is 6. The Morgan fingerprint density at radius 3 is 2.53 bits per heavy atom. The summed E-state index contributed by atoms with van der Waals surface area (Å²) in [6.45, 7) is 1.99. The number of hydrogen-bond donors (Lipinski definition) is 3. The van der Waals surface area contributed by atoms with Crippen LogP contribution in [0.25, 0.3) is 11.3 Å². The van der Waals surface area contributed by atoms with Crippen molar-refractivity contribution in [3.05, 3.63) is 106 Å². The Balaban J connectivity index is 1.54. The van der Waals surface area contributed by atoms with Gasteiger partial charge in [-0.05, 0) is 41.3 Å². The summed E-state index contributed by atoms with van der Waals surface area (Å²) in [6.07, 6.45) is 3.99. The van der Waals surface area contributed by atoms with Gasteiger partial charge in [-0.1, -0.05) is 36.4 Å². The van der Waals surface area contributed by atoms with E-state index >= 15 is 0 Å². The average molecular weight is 509 g/mol. The van der Waals surface area contributed by atoms with Crippen LogP contribution in [-0.2, 0) is 16.0 Å². The molecule has 3 aromatic carbocycles. The Bertz CT molecular complexity index is 1530. The van der Waals surface area contributed by atoms with Gasteiger partial charge in [0.1, 0.15) is 5.92 Å². The molecule has 1 aliphatic heterocycles. The van der Waals surface area contributed by atoms with E-state index in [1.807, 2.05) is 48.5 Å². The number of aliphatic imine (C=N–C) groups is 1. The average Bonchev–Trinajstić information content (AvgIpc) is 3.55. The monoisotopic (exact) mass is 508 g/mol. The zero-order chi connectivity index (χ0) is 26.6. The lowest BCUT2D eigenvalue weighted by molar-refractivity contribution is -0.384. The van der Waals surface area contributed by atoms with Gasteiger partial charge in [-0.3, -0.25) is 24.7 Å². The number of amides is 2. The Labute approximate surface area is 218 Å². The summed E-state index contributed by atoms with van der Waals surface area (Å²) in [4.78, 5) is 47.3. The van der Waals surface area contributed by atoms with Crippen LogP contribution in [0.2, 0.25) is 0 Å². The largest absolute Gasteiger partial charge is 0.356 e. The van der Waals surface area contributed by atoms with Crippen LogP contribution in [0.3, 0.4) is 0 Å². The Morgan fingerprint density at radius 2 is 1.87 bits per heavy atom. The number of aromatic nitrogens is 2. The molecule has 4 aromatic rings. The first-order valence-corrected chi connectivity index (χ1v) is 12.0. The molecule has 5 rings (SSSR count). The minimum absolute atomic E-state index is 0.0883. The lowest BCUT2D eigenvalue weighted by Gasteiger charge is -2.15. The number of aromatic amines is 1. The molecule has 3 N–H and O–H groups in total. The fraction of sp³-hybridized carbons (Fsp3) is 0.143. The van der Waals surface area contributed by atoms with Crippen molar-refractivity contribution in [2.24, 2.45) is 4.99 Å². The van der Waals surface area contributed by atoms with E-state index in [2.05, 4.69) is 20.6 Å². The van der Waals surface area contributed by atoms with Crippen molar-refractivity contribution in [1.82, 2.24) is 15.3 Å². The van der Waals surface area contributed by atoms with Crippen LogP contribution in [0.15, 0.2) is 84.2 Å². The molecule has 1 atom stereocenters. The minimum atomic E-state index is -0.831. The quantitative estimate of drug-likeness (QED) is 0.182. The molecule has 38 heavy (non-hydrogen) atoms. The number of nitro groups is 1. The standard InChI is InChI=1S/C28H24N6O4/c1-17(35)30-13-12-18-2-4-20(5-3-18)27(32-21-8-6-19(7-9-21)25-15-29-16-31-25)26-23-14-22(34(37)38)10-11-24(23)33-28(26)36/h2-11,14-16,26H,12-13H2,1H3,(H,29,31)(H,30,35)(H,33,36). The Morgan fingerprint density at radius 1 is 1.11 bits per heavy atom. The van der Waals surface area contributed by atoms with Crippen molar-refractivity contribution in [3.63, 3.8) is 0 Å². The predicted molar refractivity (Wildman–Crippen MR) is 144 cm³/mol. The van der Waals surface area contributed by atoms with E-state index in [-0.39, 0.29) is 17.5 Å². The van der Waals surface area contributed by atoms with E-state index in [4.69, 9.17) is 4.99 Å². The third kappa shape index (κ3) is 5.19. The highest BCUT2D eigenvalue weighted by molar-refractivity contribution is 6.24. The first kappa shape index (κ1) is 24.6. The highest BCUT2D eigenvalue weighted by Gasteiger charge is 2.36. The van der Waals surface area contributed by atoms with E-state index in [0.29, 0.717) is 41.2 Å². The van der Waals surface area contributed by atoms with Gasteiger partial charge in [-0.15, -0.1) is 0 Å². The molecular weight excluding hydrogens is 484 g/mol. The second kappa shape index (κ2) is 10.5. The van der Waals surface area contributed by atoms with Crippen LogP contribution in [0.4, 0.5) is 17.1 Å². The van der Waals surface area contributed by atoms with Gasteiger partial charge in [-0.2, -0.15) is 0 Å². The molecule has 0 bridgehead atoms. The second-order valence-electron chi connectivity index (χ2n) is 8.89. The number of nitrogens with zero attached hydrogens (tertiary/aromatic N) is 3. The molecule has 1 aromatic heterocycles. The number of imidazole rings is 1. The lowest BCUT2D eigenvalue weighted by Crippen LogP contribution is -2.23. The molecule has 0 saturated carbocycles. The first-order chi connectivity index (χ1) is 18.4. The van der Waals surface area contributed by atoms with Gasteiger partial charge in [-0.25, -0.2) is 4.98 Å². The summed E-state index contributed by atoms with van der Waals surface area (Å²) >= 11 is 0. The fourth-order valence-corrected chi connectivity index (χ4v) is 4.42. The lowest BCUT2D eigenvalue weighted by atomic mass is 9.90. The SMILES string of the molecule is CC(=O)NCCc1ccc(C(=Nc2ccc(-c3cnc[nH]3)cc2)C2C(=O)Nc3ccc([N+](=O)[O-])cc32)cc1. The van der Waals surface area contributed by atoms with Gasteiger partial charge in [0.2, 0.25) is 11.8 Å². The second-order valence-corrected chi connectivity index (χ2v) is 8.89. The van der Waals surface area contributed by atoms with Crippen molar-refractivity contribution in [2.75, 3.05) is 11.9 Å². The van der Waals surface area contributed by atoms with Gasteiger partial charge in [0.25, 0.3) is 5.69 Å². The number of anilines is 1. The number of benzene rings is 3. The van der Waals surface area contributed by atoms with E-state index in [0.717, 1.165) is 16.8 Å². The van der Waals surface area contributed by atoms with Gasteiger partial charge in [0.05, 0.1) is 34.5 Å². The summed E-state index contributed by atoms with van der Waals surface area (Å²) in [5.41, 5.74) is 5.57. The molecule has 0 aliphatic carbocycles. The zero-order valence-electron chi connectivity index (χ0n) is 20.5. The molecule has 1 unspecified atom stereocenters. The number of nitro benzene ring substituents is 1. The molecule has 0 saturated heterocycles. The molecule has 0 fully saturated rings. The highest BCUT2D eigenvalue weighted by atomic mass is 16.6. The number of fused-ring (bicyclic) bond motifs is 1. The zero-order valence-corrected chi connectivity index (χ0v) is 20.5. The molecule has 1 aliphatic rings. The molecule has 0 radical (unpaired) electrons. The molecule has 10 nitrogen and oxygen atoms in total. The van der Waals surface area contributed by atoms with Gasteiger partial charge >= 0.3 is 0 Å². The number of non-ortho nitro benzene ring substituents is 1. The Kier molecular flexibility index (Phi) is 6.77. The Hall–Kier alpha value is -5.12. The molecule has 0 spiro atoms. The van der Waals surface area contributed by atoms with E-state index in [9.17, 15) is 19.7 Å². The molecule has 10 heteroatoms. The van der Waals surface area contributed by atoms with Crippen molar-refractivity contribution >= 4 is 34.6 Å². The fourth-order valence-electron chi connectivity index (χ4n) is 4.42. The highest BCUT2D eigenvalue weighted by Crippen LogP contribution is 2.38. The predicted octanol–water partition coefficient (Wildman–Crippen LogP) is 4.52. The van der Waals surface area contributed by atoms with Crippen LogP contribution in [-0.4, -0.2) is 39.0 Å². The molecule has 2 amide bonds. The first-order valence-electron chi connectivity index (χ1n) is 12.0. The summed E-state index contributed by atoms with van der Waals surface area (Å²) < 4.78 is 0. The summed E-state index contributed by atoms with van der Waals surface area (Å²) in [7, 11) is 0. The normalized spacial score (nSPS) is 14.6. The number of carbonyl (C=O) groups excluding carboxylic acids is 2. The number of carbonyl (C=O) groups is 2. The van der Waals surface area contributed by atoms with E-state index in [1.165, 1.54) is 19.1 Å². The maximum atomic E-state index is 13.2. The summed E-state index contributed by atoms with van der Waals surface area (Å²) in [5, 5.41) is 17.1. The smallest absolute Gasteiger partial charge is 0.269 e. The van der Waals surface area contributed by atoms with E-state index < -0.39 is 10.8 Å². The maximum absolute atomic E-state index is 13.2. The third-order valence-electron chi connectivity index (χ3n) is 6.31. The molecule has 190 valence electrons. The van der Waals surface area contributed by atoms with Crippen LogP contribution in [0.1, 0.15) is 29.5 Å². The maximum Gasteiger partial charge on any atom is 0.269 e. The minimum Gasteiger partial charge on any atom is -0.356 e. The number of H-pyrrole nitrogens is 1. The third-order valence-corrected chi connectivity index (χ3v) is 6.31. The van der Waals surface area contributed by atoms with Crippen LogP contribution in [0.5, 0.6) is 0 Å². The van der Waals surface area contributed by atoms with E-state index in [1.54, 1.807) is 18.6 Å². The van der Waals surface area contributed by atoms with Gasteiger partial charge in [0.15, 0.2) is 0 Å². The van der Waals surface area contributed by atoms with Crippen LogP contribution >= 0.6 is 0 Å². The molecule has 2 heterocycles. The van der Waals surface area contributed by atoms with Crippen molar-refractivity contribution in [3.8, 4) is 11.3 Å².